The van der Waals surface area contributed by atoms with Crippen LogP contribution in [0.2, 0.25) is 0 Å². The van der Waals surface area contributed by atoms with Gasteiger partial charge in [0.15, 0.2) is 4.77 Å². The van der Waals surface area contributed by atoms with Gasteiger partial charge in [0.05, 0.1) is 22.4 Å². The van der Waals surface area contributed by atoms with E-state index in [1.165, 1.54) is 11.1 Å². The zero-order chi connectivity index (χ0) is 18.3. The van der Waals surface area contributed by atoms with Crippen molar-refractivity contribution in [2.24, 2.45) is 0 Å². The fourth-order valence-electron chi connectivity index (χ4n) is 3.12. The summed E-state index contributed by atoms with van der Waals surface area (Å²) in [5, 5.41) is 12.1. The molecule has 0 amide bonds. The molecule has 0 saturated heterocycles. The van der Waals surface area contributed by atoms with Gasteiger partial charge in [-0.15, -0.1) is 0 Å². The maximum Gasteiger partial charge on any atom is 0.199 e. The lowest BCUT2D eigenvalue weighted by atomic mass is 10.1. The van der Waals surface area contributed by atoms with Gasteiger partial charge in [-0.2, -0.15) is 10.2 Å². The van der Waals surface area contributed by atoms with Crippen LogP contribution in [0.5, 0.6) is 0 Å². The molecule has 0 radical (unpaired) electrons. The Bertz CT molecular complexity index is 982. The first-order valence-corrected chi connectivity index (χ1v) is 9.44. The number of H-pyrrole nitrogens is 1. The van der Waals surface area contributed by atoms with Crippen molar-refractivity contribution in [3.05, 3.63) is 55.8 Å². The highest BCUT2D eigenvalue weighted by Crippen LogP contribution is 2.25. The third kappa shape index (κ3) is 3.35. The van der Waals surface area contributed by atoms with E-state index in [9.17, 15) is 0 Å². The molecule has 0 saturated carbocycles. The highest BCUT2D eigenvalue weighted by atomic mass is 79.9. The Kier molecular flexibility index (Phi) is 4.97. The monoisotopic (exact) mass is 419 g/mol. The third-order valence-corrected chi connectivity index (χ3v) is 5.89. The van der Waals surface area contributed by atoms with E-state index in [1.807, 2.05) is 16.2 Å². The number of nitrogens with one attached hydrogen (secondary N) is 1. The maximum absolute atomic E-state index is 5.50. The van der Waals surface area contributed by atoms with E-state index in [2.05, 4.69) is 77.1 Å². The second-order valence-corrected chi connectivity index (χ2v) is 7.76. The zero-order valence-corrected chi connectivity index (χ0v) is 17.5. The van der Waals surface area contributed by atoms with Crippen LogP contribution < -0.4 is 0 Å². The molecule has 3 aromatic rings. The summed E-state index contributed by atoms with van der Waals surface area (Å²) >= 11 is 9.09. The van der Waals surface area contributed by atoms with Gasteiger partial charge in [0.25, 0.3) is 0 Å². The fourth-order valence-corrected chi connectivity index (χ4v) is 3.64. The molecule has 7 heteroatoms. The van der Waals surface area contributed by atoms with E-state index in [0.717, 1.165) is 33.9 Å². The van der Waals surface area contributed by atoms with Gasteiger partial charge in [0, 0.05) is 11.6 Å². The number of halogens is 1. The largest absolute Gasteiger partial charge is 0.272 e. The molecule has 1 aromatic carbocycles. The fraction of sp³-hybridized carbons (Fsp3) is 0.389. The Hall–Kier alpha value is -1.73. The molecule has 0 bridgehead atoms. The van der Waals surface area contributed by atoms with Crippen LogP contribution in [0.1, 0.15) is 41.2 Å². The lowest BCUT2D eigenvalue weighted by molar-refractivity contribution is 0.506. The van der Waals surface area contributed by atoms with E-state index in [0.29, 0.717) is 4.77 Å². The lowest BCUT2D eigenvalue weighted by Crippen LogP contribution is -2.14. The van der Waals surface area contributed by atoms with Crippen LogP contribution in [-0.2, 0) is 6.54 Å². The molecule has 0 aliphatic carbocycles. The molecule has 0 spiro atoms. The van der Waals surface area contributed by atoms with Gasteiger partial charge in [-0.1, -0.05) is 24.6 Å². The van der Waals surface area contributed by atoms with Crippen LogP contribution in [0.4, 0.5) is 0 Å². The van der Waals surface area contributed by atoms with Crippen molar-refractivity contribution < 1.29 is 0 Å². The number of hydrogen-bond acceptors (Lipinski definition) is 3. The molecule has 132 valence electrons. The highest BCUT2D eigenvalue weighted by Gasteiger charge is 2.19. The molecule has 1 N–H and O–H groups in total. The molecular weight excluding hydrogens is 398 g/mol. The standard InChI is InChI=1S/C18H22BrN5S/c1-10-6-7-15(11(2)8-10)24-17(20-21-18(24)25)12(3)9-23-14(5)16(19)13(4)22-23/h6-8,12H,9H2,1-5H3,(H,21,25)/t12-/m0/s1. The molecule has 0 unspecified atom stereocenters. The van der Waals surface area contributed by atoms with Crippen LogP contribution >= 0.6 is 28.1 Å². The second kappa shape index (κ2) is 6.88. The van der Waals surface area contributed by atoms with E-state index in [-0.39, 0.29) is 5.92 Å². The first kappa shape index (κ1) is 18.1. The number of rotatable bonds is 4. The van der Waals surface area contributed by atoms with Crippen molar-refractivity contribution in [2.75, 3.05) is 0 Å². The van der Waals surface area contributed by atoms with Gasteiger partial charge in [-0.05, 0) is 67.5 Å². The number of aromatic nitrogens is 5. The molecule has 5 nitrogen and oxygen atoms in total. The van der Waals surface area contributed by atoms with Crippen molar-refractivity contribution in [3.8, 4) is 5.69 Å². The smallest absolute Gasteiger partial charge is 0.199 e. The molecule has 0 aliphatic heterocycles. The minimum Gasteiger partial charge on any atom is -0.272 e. The summed E-state index contributed by atoms with van der Waals surface area (Å²) in [6, 6.07) is 6.37. The van der Waals surface area contributed by atoms with Crippen molar-refractivity contribution in [1.29, 1.82) is 0 Å². The van der Waals surface area contributed by atoms with Crippen molar-refractivity contribution >= 4 is 28.1 Å². The van der Waals surface area contributed by atoms with Crippen molar-refractivity contribution in [3.63, 3.8) is 0 Å². The van der Waals surface area contributed by atoms with Crippen LogP contribution in [0.15, 0.2) is 22.7 Å². The van der Waals surface area contributed by atoms with Crippen LogP contribution in [0, 0.1) is 32.5 Å². The number of hydrogen-bond donors (Lipinski definition) is 1. The minimum absolute atomic E-state index is 0.151. The highest BCUT2D eigenvalue weighted by molar-refractivity contribution is 9.10. The van der Waals surface area contributed by atoms with Crippen LogP contribution in [0.25, 0.3) is 5.69 Å². The predicted octanol–water partition coefficient (Wildman–Crippen LogP) is 4.93. The quantitative estimate of drug-likeness (QED) is 0.610. The van der Waals surface area contributed by atoms with Gasteiger partial charge in [0.2, 0.25) is 0 Å². The molecule has 2 heterocycles. The van der Waals surface area contributed by atoms with Crippen molar-refractivity contribution in [1.82, 2.24) is 24.5 Å². The Morgan fingerprint density at radius 3 is 2.56 bits per heavy atom. The zero-order valence-electron chi connectivity index (χ0n) is 15.1. The number of aryl methyl sites for hydroxylation is 3. The van der Waals surface area contributed by atoms with Crippen LogP contribution in [-0.4, -0.2) is 24.5 Å². The summed E-state index contributed by atoms with van der Waals surface area (Å²) in [4.78, 5) is 0. The third-order valence-electron chi connectivity index (χ3n) is 4.47. The number of benzene rings is 1. The molecule has 1 atom stereocenters. The topological polar surface area (TPSA) is 51.4 Å². The molecule has 2 aromatic heterocycles. The Balaban J connectivity index is 2.01. The van der Waals surface area contributed by atoms with Gasteiger partial charge >= 0.3 is 0 Å². The van der Waals surface area contributed by atoms with E-state index < -0.39 is 0 Å². The van der Waals surface area contributed by atoms with Gasteiger partial charge in [-0.25, -0.2) is 0 Å². The molecule has 0 aliphatic rings. The Morgan fingerprint density at radius 1 is 1.24 bits per heavy atom. The summed E-state index contributed by atoms with van der Waals surface area (Å²) in [6.07, 6.45) is 0. The first-order valence-electron chi connectivity index (χ1n) is 8.24. The number of nitrogens with zero attached hydrogens (tertiary/aromatic N) is 4. The summed E-state index contributed by atoms with van der Waals surface area (Å²) in [6.45, 7) is 11.2. The molecular formula is C18H22BrN5S. The Morgan fingerprint density at radius 2 is 1.96 bits per heavy atom. The summed E-state index contributed by atoms with van der Waals surface area (Å²) in [5.41, 5.74) is 5.61. The van der Waals surface area contributed by atoms with E-state index >= 15 is 0 Å². The average Bonchev–Trinajstić information content (AvgIpc) is 3.04. The molecule has 25 heavy (non-hydrogen) atoms. The summed E-state index contributed by atoms with van der Waals surface area (Å²) < 4.78 is 5.74. The summed E-state index contributed by atoms with van der Waals surface area (Å²) in [5.74, 6) is 1.07. The summed E-state index contributed by atoms with van der Waals surface area (Å²) in [7, 11) is 0. The predicted molar refractivity (Wildman–Crippen MR) is 106 cm³/mol. The molecule has 3 rings (SSSR count). The normalized spacial score (nSPS) is 12.6. The van der Waals surface area contributed by atoms with Crippen LogP contribution in [0.3, 0.4) is 0 Å². The maximum atomic E-state index is 5.50. The second-order valence-electron chi connectivity index (χ2n) is 6.58. The lowest BCUT2D eigenvalue weighted by Gasteiger charge is -2.16. The van der Waals surface area contributed by atoms with E-state index in [4.69, 9.17) is 12.2 Å². The van der Waals surface area contributed by atoms with Crippen molar-refractivity contribution in [2.45, 2.75) is 47.1 Å². The van der Waals surface area contributed by atoms with E-state index in [1.54, 1.807) is 0 Å². The first-order chi connectivity index (χ1) is 11.8. The SMILES string of the molecule is Cc1ccc(-n2c([C@@H](C)Cn3nc(C)c(Br)c3C)n[nH]c2=S)c(C)c1. The average molecular weight is 420 g/mol. The van der Waals surface area contributed by atoms with Gasteiger partial charge < -0.3 is 0 Å². The van der Waals surface area contributed by atoms with Gasteiger partial charge in [-0.3, -0.25) is 14.3 Å². The number of aromatic amines is 1. The Labute approximate surface area is 161 Å². The minimum atomic E-state index is 0.151. The van der Waals surface area contributed by atoms with Gasteiger partial charge in [0.1, 0.15) is 5.82 Å². The molecule has 0 fully saturated rings.